The maximum Gasteiger partial charge on any atom is 0.220 e. The van der Waals surface area contributed by atoms with Crippen molar-refractivity contribution in [3.63, 3.8) is 0 Å². The molecule has 0 atom stereocenters. The summed E-state index contributed by atoms with van der Waals surface area (Å²) < 4.78 is 0. The highest BCUT2D eigenvalue weighted by atomic mass is 16.1. The van der Waals surface area contributed by atoms with Crippen molar-refractivity contribution in [3.8, 4) is 0 Å². The monoisotopic (exact) mass is 226 g/mol. The zero-order valence-electron chi connectivity index (χ0n) is 10.9. The molecule has 1 fully saturated rings. The average molecular weight is 226 g/mol. The number of carbonyl (C=O) groups excluding carboxylic acids is 1. The van der Waals surface area contributed by atoms with Gasteiger partial charge in [-0.2, -0.15) is 0 Å². The van der Waals surface area contributed by atoms with E-state index in [-0.39, 0.29) is 16.9 Å². The minimum Gasteiger partial charge on any atom is -0.354 e. The van der Waals surface area contributed by atoms with Gasteiger partial charge in [0.2, 0.25) is 5.91 Å². The van der Waals surface area contributed by atoms with Crippen molar-refractivity contribution in [2.75, 3.05) is 6.54 Å². The fourth-order valence-electron chi connectivity index (χ4n) is 2.25. The Hall–Kier alpha value is -0.570. The van der Waals surface area contributed by atoms with Gasteiger partial charge in [0.1, 0.15) is 0 Å². The van der Waals surface area contributed by atoms with E-state index in [9.17, 15) is 4.79 Å². The predicted octanol–water partition coefficient (Wildman–Crippen LogP) is 2.20. The first-order chi connectivity index (χ1) is 7.31. The molecule has 0 unspecified atom stereocenters. The van der Waals surface area contributed by atoms with Crippen LogP contribution in [0.1, 0.15) is 59.3 Å². The molecule has 16 heavy (non-hydrogen) atoms. The number of nitrogens with two attached hydrogens (primary N) is 1. The maximum atomic E-state index is 11.7. The number of carbonyl (C=O) groups is 1. The topological polar surface area (TPSA) is 55.1 Å². The number of hydrogen-bond donors (Lipinski definition) is 2. The second kappa shape index (κ2) is 5.17. The second-order valence-electron chi connectivity index (χ2n) is 6.44. The van der Waals surface area contributed by atoms with E-state index in [1.165, 1.54) is 19.3 Å². The number of nitrogens with one attached hydrogen (secondary N) is 1. The zero-order valence-corrected chi connectivity index (χ0v) is 10.9. The molecule has 1 saturated carbocycles. The fourth-order valence-corrected chi connectivity index (χ4v) is 2.25. The van der Waals surface area contributed by atoms with Crippen molar-refractivity contribution in [1.29, 1.82) is 0 Å². The van der Waals surface area contributed by atoms with E-state index in [1.54, 1.807) is 0 Å². The van der Waals surface area contributed by atoms with Crippen LogP contribution in [-0.4, -0.2) is 18.0 Å². The van der Waals surface area contributed by atoms with Crippen LogP contribution in [0, 0.1) is 5.41 Å². The van der Waals surface area contributed by atoms with Crippen LogP contribution >= 0.6 is 0 Å². The maximum absolute atomic E-state index is 11.7. The van der Waals surface area contributed by atoms with Crippen molar-refractivity contribution >= 4 is 5.91 Å². The zero-order chi connectivity index (χ0) is 12.2. The summed E-state index contributed by atoms with van der Waals surface area (Å²) in [5.41, 5.74) is 6.16. The molecular formula is C13H26N2O. The Balaban J connectivity index is 2.30. The van der Waals surface area contributed by atoms with Crippen LogP contribution in [0.4, 0.5) is 0 Å². The highest BCUT2D eigenvalue weighted by molar-refractivity contribution is 5.76. The van der Waals surface area contributed by atoms with Gasteiger partial charge in [-0.3, -0.25) is 4.79 Å². The Morgan fingerprint density at radius 3 is 2.31 bits per heavy atom. The molecule has 3 N–H and O–H groups in total. The highest BCUT2D eigenvalue weighted by Gasteiger charge is 2.28. The van der Waals surface area contributed by atoms with Crippen molar-refractivity contribution < 1.29 is 4.79 Å². The Kier molecular flexibility index (Phi) is 4.36. The first-order valence-corrected chi connectivity index (χ1v) is 6.36. The van der Waals surface area contributed by atoms with E-state index in [2.05, 4.69) is 26.1 Å². The first kappa shape index (κ1) is 13.5. The van der Waals surface area contributed by atoms with Gasteiger partial charge >= 0.3 is 0 Å². The molecule has 1 amide bonds. The lowest BCUT2D eigenvalue weighted by Crippen LogP contribution is -2.51. The van der Waals surface area contributed by atoms with Gasteiger partial charge in [0.15, 0.2) is 0 Å². The molecule has 1 rings (SSSR count). The normalized spacial score (nSPS) is 20.5. The largest absolute Gasteiger partial charge is 0.354 e. The van der Waals surface area contributed by atoms with Crippen molar-refractivity contribution in [2.45, 2.75) is 64.8 Å². The molecule has 0 aromatic heterocycles. The summed E-state index contributed by atoms with van der Waals surface area (Å²) in [5, 5.41) is 2.99. The van der Waals surface area contributed by atoms with Gasteiger partial charge in [-0.1, -0.05) is 40.0 Å². The van der Waals surface area contributed by atoms with Gasteiger partial charge in [-0.15, -0.1) is 0 Å². The van der Waals surface area contributed by atoms with Gasteiger partial charge in [-0.25, -0.2) is 0 Å². The smallest absolute Gasteiger partial charge is 0.220 e. The highest BCUT2D eigenvalue weighted by Crippen LogP contribution is 2.25. The van der Waals surface area contributed by atoms with Gasteiger partial charge < -0.3 is 11.1 Å². The standard InChI is InChI=1S/C13H26N2O/c1-12(2,3)9-11(16)15-10-13(14)7-5-4-6-8-13/h4-10,14H2,1-3H3,(H,15,16). The van der Waals surface area contributed by atoms with Crippen molar-refractivity contribution in [1.82, 2.24) is 5.32 Å². The Morgan fingerprint density at radius 1 is 1.25 bits per heavy atom. The Labute approximate surface area is 99.2 Å². The van der Waals surface area contributed by atoms with E-state index >= 15 is 0 Å². The summed E-state index contributed by atoms with van der Waals surface area (Å²) in [6.07, 6.45) is 6.35. The van der Waals surface area contributed by atoms with E-state index in [0.717, 1.165) is 12.8 Å². The molecule has 1 aliphatic rings. The molecule has 0 saturated heterocycles. The molecule has 0 aromatic carbocycles. The first-order valence-electron chi connectivity index (χ1n) is 6.36. The van der Waals surface area contributed by atoms with Crippen LogP contribution in [-0.2, 0) is 4.79 Å². The van der Waals surface area contributed by atoms with Crippen molar-refractivity contribution in [3.05, 3.63) is 0 Å². The summed E-state index contributed by atoms with van der Waals surface area (Å²) >= 11 is 0. The number of rotatable bonds is 3. The van der Waals surface area contributed by atoms with E-state index < -0.39 is 0 Å². The second-order valence-corrected chi connectivity index (χ2v) is 6.44. The van der Waals surface area contributed by atoms with Crippen LogP contribution in [0.15, 0.2) is 0 Å². The van der Waals surface area contributed by atoms with Gasteiger partial charge in [0.25, 0.3) is 0 Å². The van der Waals surface area contributed by atoms with Crippen molar-refractivity contribution in [2.24, 2.45) is 11.1 Å². The minimum atomic E-state index is -0.147. The molecule has 0 bridgehead atoms. The molecule has 0 heterocycles. The lowest BCUT2D eigenvalue weighted by molar-refractivity contribution is -0.123. The molecular weight excluding hydrogens is 200 g/mol. The predicted molar refractivity (Wildman–Crippen MR) is 67.1 cm³/mol. The van der Waals surface area contributed by atoms with Gasteiger partial charge in [-0.05, 0) is 18.3 Å². The SMILES string of the molecule is CC(C)(C)CC(=O)NCC1(N)CCCCC1. The molecule has 0 aromatic rings. The number of hydrogen-bond acceptors (Lipinski definition) is 2. The molecule has 94 valence electrons. The number of amides is 1. The minimum absolute atomic E-state index is 0.0540. The molecule has 1 aliphatic carbocycles. The summed E-state index contributed by atoms with van der Waals surface area (Å²) in [6.45, 7) is 6.87. The lowest BCUT2D eigenvalue weighted by Gasteiger charge is -2.33. The molecule has 3 nitrogen and oxygen atoms in total. The molecule has 0 spiro atoms. The van der Waals surface area contributed by atoms with Crippen LogP contribution in [0.3, 0.4) is 0 Å². The summed E-state index contributed by atoms with van der Waals surface area (Å²) in [4.78, 5) is 11.7. The molecule has 3 heteroatoms. The summed E-state index contributed by atoms with van der Waals surface area (Å²) in [6, 6.07) is 0. The molecule has 0 radical (unpaired) electrons. The lowest BCUT2D eigenvalue weighted by atomic mass is 9.82. The van der Waals surface area contributed by atoms with Gasteiger partial charge in [0, 0.05) is 18.5 Å². The molecule has 0 aliphatic heterocycles. The average Bonchev–Trinajstić information content (AvgIpc) is 2.14. The third-order valence-corrected chi connectivity index (χ3v) is 3.18. The Morgan fingerprint density at radius 2 is 1.81 bits per heavy atom. The third-order valence-electron chi connectivity index (χ3n) is 3.18. The third kappa shape index (κ3) is 4.97. The quantitative estimate of drug-likeness (QED) is 0.775. The van der Waals surface area contributed by atoms with Crippen LogP contribution < -0.4 is 11.1 Å². The fraction of sp³-hybridized carbons (Fsp3) is 0.923. The van der Waals surface area contributed by atoms with E-state index in [4.69, 9.17) is 5.73 Å². The summed E-state index contributed by atoms with van der Waals surface area (Å²) in [5.74, 6) is 0.128. The van der Waals surface area contributed by atoms with Gasteiger partial charge in [0.05, 0.1) is 0 Å². The van der Waals surface area contributed by atoms with Crippen LogP contribution in [0.5, 0.6) is 0 Å². The van der Waals surface area contributed by atoms with Crippen LogP contribution in [0.2, 0.25) is 0 Å². The summed E-state index contributed by atoms with van der Waals surface area (Å²) in [7, 11) is 0. The van der Waals surface area contributed by atoms with Crippen LogP contribution in [0.25, 0.3) is 0 Å². The Bertz CT molecular complexity index is 237. The van der Waals surface area contributed by atoms with E-state index in [1.807, 2.05) is 0 Å². The van der Waals surface area contributed by atoms with E-state index in [0.29, 0.717) is 13.0 Å².